The largest absolute Gasteiger partial charge is 0.489 e. The fourth-order valence-corrected chi connectivity index (χ4v) is 5.70. The van der Waals surface area contributed by atoms with Gasteiger partial charge < -0.3 is 10.1 Å². The predicted molar refractivity (Wildman–Crippen MR) is 136 cm³/mol. The molecule has 0 unspecified atom stereocenters. The lowest BCUT2D eigenvalue weighted by atomic mass is 9.97. The summed E-state index contributed by atoms with van der Waals surface area (Å²) in [6, 6.07) is 12.4. The molecule has 4 heterocycles. The second kappa shape index (κ2) is 10.1. The lowest BCUT2D eigenvalue weighted by molar-refractivity contribution is -0.141. The average molecular weight is 531 g/mol. The van der Waals surface area contributed by atoms with Crippen molar-refractivity contribution in [2.45, 2.75) is 38.7 Å². The third-order valence-electron chi connectivity index (χ3n) is 6.43. The molecule has 1 aromatic carbocycles. The van der Waals surface area contributed by atoms with E-state index < -0.39 is 24.0 Å². The zero-order chi connectivity index (χ0) is 26.2. The molecule has 1 saturated heterocycles. The van der Waals surface area contributed by atoms with Crippen LogP contribution in [0.4, 0.5) is 13.2 Å². The molecule has 37 heavy (non-hydrogen) atoms. The number of ether oxygens (including phenoxy) is 1. The zero-order valence-corrected chi connectivity index (χ0v) is 20.8. The Kier molecular flexibility index (Phi) is 6.91. The van der Waals surface area contributed by atoms with Crippen LogP contribution in [0.5, 0.6) is 5.75 Å². The molecular weight excluding hydrogens is 505 g/mol. The van der Waals surface area contributed by atoms with E-state index in [0.29, 0.717) is 20.9 Å². The summed E-state index contributed by atoms with van der Waals surface area (Å²) in [5.41, 5.74) is 0.795. The molecule has 5 rings (SSSR count). The number of para-hydroxylation sites is 1. The van der Waals surface area contributed by atoms with Crippen LogP contribution in [-0.4, -0.2) is 39.5 Å². The van der Waals surface area contributed by atoms with E-state index >= 15 is 0 Å². The van der Waals surface area contributed by atoms with Gasteiger partial charge in [0, 0.05) is 46.9 Å². The van der Waals surface area contributed by atoms with Crippen LogP contribution < -0.4 is 21.3 Å². The van der Waals surface area contributed by atoms with Gasteiger partial charge in [-0.3, -0.25) is 18.9 Å². The van der Waals surface area contributed by atoms with Gasteiger partial charge in [-0.05, 0) is 31.2 Å². The molecular formula is C26H25F3N4O3S. The van der Waals surface area contributed by atoms with Crippen molar-refractivity contribution in [3.05, 3.63) is 80.6 Å². The van der Waals surface area contributed by atoms with Crippen LogP contribution in [0.3, 0.4) is 0 Å². The van der Waals surface area contributed by atoms with Gasteiger partial charge in [-0.1, -0.05) is 25.1 Å². The maximum absolute atomic E-state index is 12.9. The molecule has 0 amide bonds. The number of piperidine rings is 1. The van der Waals surface area contributed by atoms with E-state index in [9.17, 15) is 22.8 Å². The van der Waals surface area contributed by atoms with E-state index in [1.165, 1.54) is 11.3 Å². The van der Waals surface area contributed by atoms with Crippen molar-refractivity contribution < 1.29 is 17.9 Å². The van der Waals surface area contributed by atoms with Crippen LogP contribution in [0.15, 0.2) is 64.4 Å². The molecule has 194 valence electrons. The number of benzene rings is 1. The monoisotopic (exact) mass is 530 g/mol. The zero-order valence-electron chi connectivity index (χ0n) is 20.0. The molecule has 0 bridgehead atoms. The van der Waals surface area contributed by atoms with Crippen molar-refractivity contribution >= 4 is 21.6 Å². The van der Waals surface area contributed by atoms with E-state index in [0.717, 1.165) is 57.9 Å². The maximum atomic E-state index is 12.9. The lowest BCUT2D eigenvalue weighted by Crippen LogP contribution is -2.41. The fraction of sp³-hybridized carbons (Fsp3) is 0.346. The Balaban J connectivity index is 1.50. The normalized spacial score (nSPS) is 18.3. The van der Waals surface area contributed by atoms with Crippen molar-refractivity contribution in [2.75, 3.05) is 13.1 Å². The highest BCUT2D eigenvalue weighted by molar-refractivity contribution is 7.19. The van der Waals surface area contributed by atoms with E-state index in [4.69, 9.17) is 4.74 Å². The van der Waals surface area contributed by atoms with Gasteiger partial charge in [-0.2, -0.15) is 13.2 Å². The van der Waals surface area contributed by atoms with Crippen LogP contribution >= 0.6 is 11.3 Å². The number of rotatable bonds is 6. The first-order chi connectivity index (χ1) is 17.7. The molecule has 7 nitrogen and oxygen atoms in total. The SMILES string of the molecule is C[C@H]1CNCC[C@H]1Oc1ccccc1-c1ccnc2cc(Cn3c(=O)ccn(CC(F)(F)F)c3=O)sc12. The number of nitrogens with zero attached hydrogens (tertiary/aromatic N) is 3. The van der Waals surface area contributed by atoms with Crippen LogP contribution in [-0.2, 0) is 13.1 Å². The second-order valence-electron chi connectivity index (χ2n) is 9.17. The van der Waals surface area contributed by atoms with Gasteiger partial charge in [-0.15, -0.1) is 11.3 Å². The number of halogens is 3. The van der Waals surface area contributed by atoms with E-state index in [1.54, 1.807) is 12.3 Å². The number of hydrogen-bond acceptors (Lipinski definition) is 6. The standard InChI is InChI=1S/C26H25F3N4O3S/c1-16-13-30-9-7-21(16)36-22-5-3-2-4-18(22)19-6-10-31-20-12-17(37-24(19)20)14-33-23(34)8-11-32(25(33)35)15-26(27,28)29/h2-6,8,10-12,16,21,30H,7,9,13-15H2,1H3/t16-,21+/m0/s1. The third kappa shape index (κ3) is 5.47. The summed E-state index contributed by atoms with van der Waals surface area (Å²) in [4.78, 5) is 30.1. The van der Waals surface area contributed by atoms with Gasteiger partial charge in [0.05, 0.1) is 16.8 Å². The molecule has 0 spiro atoms. The summed E-state index contributed by atoms with van der Waals surface area (Å²) in [5.74, 6) is 1.12. The van der Waals surface area contributed by atoms with Gasteiger partial charge in [-0.25, -0.2) is 4.79 Å². The number of aromatic nitrogens is 3. The first kappa shape index (κ1) is 25.2. The fourth-order valence-electron chi connectivity index (χ4n) is 4.57. The summed E-state index contributed by atoms with van der Waals surface area (Å²) in [6.45, 7) is 2.33. The van der Waals surface area contributed by atoms with E-state index in [-0.39, 0.29) is 12.6 Å². The number of pyridine rings is 1. The van der Waals surface area contributed by atoms with Crippen molar-refractivity contribution in [1.82, 2.24) is 19.4 Å². The Labute approximate surface area is 214 Å². The Morgan fingerprint density at radius 2 is 1.97 bits per heavy atom. The van der Waals surface area contributed by atoms with Crippen molar-refractivity contribution in [3.8, 4) is 16.9 Å². The summed E-state index contributed by atoms with van der Waals surface area (Å²) < 4.78 is 47.2. The van der Waals surface area contributed by atoms with Gasteiger partial charge in [0.2, 0.25) is 0 Å². The number of hydrogen-bond donors (Lipinski definition) is 1. The second-order valence-corrected chi connectivity index (χ2v) is 10.3. The first-order valence-corrected chi connectivity index (χ1v) is 12.7. The van der Waals surface area contributed by atoms with Crippen molar-refractivity contribution in [1.29, 1.82) is 0 Å². The van der Waals surface area contributed by atoms with Crippen molar-refractivity contribution in [2.24, 2.45) is 5.92 Å². The van der Waals surface area contributed by atoms with E-state index in [2.05, 4.69) is 17.2 Å². The number of thiophene rings is 1. The Morgan fingerprint density at radius 3 is 2.76 bits per heavy atom. The van der Waals surface area contributed by atoms with Crippen LogP contribution in [0.1, 0.15) is 18.2 Å². The minimum atomic E-state index is -4.58. The summed E-state index contributed by atoms with van der Waals surface area (Å²) in [7, 11) is 0. The number of fused-ring (bicyclic) bond motifs is 1. The highest BCUT2D eigenvalue weighted by Crippen LogP contribution is 2.39. The van der Waals surface area contributed by atoms with Crippen LogP contribution in [0.2, 0.25) is 0 Å². The first-order valence-electron chi connectivity index (χ1n) is 11.9. The smallest absolute Gasteiger partial charge is 0.406 e. The number of nitrogens with one attached hydrogen (secondary N) is 1. The molecule has 0 radical (unpaired) electrons. The van der Waals surface area contributed by atoms with Gasteiger partial charge in [0.25, 0.3) is 5.56 Å². The van der Waals surface area contributed by atoms with Crippen LogP contribution in [0, 0.1) is 5.92 Å². The molecule has 1 fully saturated rings. The Morgan fingerprint density at radius 1 is 1.16 bits per heavy atom. The Hall–Kier alpha value is -3.44. The molecule has 2 atom stereocenters. The molecule has 3 aromatic heterocycles. The predicted octanol–water partition coefficient (Wildman–Crippen LogP) is 4.27. The minimum absolute atomic E-state index is 0.0856. The average Bonchev–Trinajstić information content (AvgIpc) is 3.28. The minimum Gasteiger partial charge on any atom is -0.489 e. The topological polar surface area (TPSA) is 78.2 Å². The van der Waals surface area contributed by atoms with Gasteiger partial charge in [0.1, 0.15) is 18.4 Å². The maximum Gasteiger partial charge on any atom is 0.406 e. The third-order valence-corrected chi connectivity index (χ3v) is 7.57. The molecule has 1 aliphatic rings. The van der Waals surface area contributed by atoms with Gasteiger partial charge in [0.15, 0.2) is 0 Å². The van der Waals surface area contributed by atoms with Gasteiger partial charge >= 0.3 is 11.9 Å². The molecule has 11 heteroatoms. The highest BCUT2D eigenvalue weighted by atomic mass is 32.1. The highest BCUT2D eigenvalue weighted by Gasteiger charge is 2.29. The van der Waals surface area contributed by atoms with E-state index in [1.807, 2.05) is 30.3 Å². The summed E-state index contributed by atoms with van der Waals surface area (Å²) in [5, 5.41) is 3.38. The Bertz CT molecular complexity index is 1540. The van der Waals surface area contributed by atoms with Crippen LogP contribution in [0.25, 0.3) is 21.3 Å². The lowest BCUT2D eigenvalue weighted by Gasteiger charge is -2.30. The molecule has 0 aliphatic carbocycles. The molecule has 1 aliphatic heterocycles. The number of alkyl halides is 3. The molecule has 1 N–H and O–H groups in total. The quantitative estimate of drug-likeness (QED) is 0.403. The van der Waals surface area contributed by atoms with Crippen molar-refractivity contribution in [3.63, 3.8) is 0 Å². The molecule has 0 saturated carbocycles. The molecule has 4 aromatic rings. The summed E-state index contributed by atoms with van der Waals surface area (Å²) in [6.07, 6.45) is -1.03. The summed E-state index contributed by atoms with van der Waals surface area (Å²) >= 11 is 1.35.